The molecule has 2 nitrogen and oxygen atoms in total. The van der Waals surface area contributed by atoms with Crippen molar-refractivity contribution in [3.8, 4) is 0 Å². The summed E-state index contributed by atoms with van der Waals surface area (Å²) in [5, 5.41) is 6.67. The second-order valence-corrected chi connectivity index (χ2v) is 5.73. The molecule has 0 aliphatic rings. The van der Waals surface area contributed by atoms with E-state index in [2.05, 4.69) is 41.8 Å². The van der Waals surface area contributed by atoms with Crippen LogP contribution in [0.15, 0.2) is 29.2 Å². The highest BCUT2D eigenvalue weighted by molar-refractivity contribution is 7.99. The molecule has 3 heteroatoms. The maximum absolute atomic E-state index is 3.50. The molecule has 0 fully saturated rings. The zero-order chi connectivity index (χ0) is 13.1. The first-order valence-corrected chi connectivity index (χ1v) is 7.92. The van der Waals surface area contributed by atoms with Crippen LogP contribution in [0.2, 0.25) is 0 Å². The van der Waals surface area contributed by atoms with Crippen LogP contribution in [0.25, 0.3) is 0 Å². The summed E-state index contributed by atoms with van der Waals surface area (Å²) in [5.74, 6) is 1.15. The fourth-order valence-corrected chi connectivity index (χ4v) is 2.49. The average Bonchev–Trinajstić information content (AvgIpc) is 2.40. The van der Waals surface area contributed by atoms with Gasteiger partial charge in [-0.05, 0) is 69.4 Å². The van der Waals surface area contributed by atoms with Gasteiger partial charge in [0.2, 0.25) is 0 Å². The summed E-state index contributed by atoms with van der Waals surface area (Å²) in [5.41, 5.74) is 1.43. The smallest absolute Gasteiger partial charge is 0.00720 e. The van der Waals surface area contributed by atoms with Crippen LogP contribution in [-0.4, -0.2) is 32.4 Å². The molecule has 0 aliphatic carbocycles. The van der Waals surface area contributed by atoms with Gasteiger partial charge in [0.15, 0.2) is 0 Å². The summed E-state index contributed by atoms with van der Waals surface area (Å²) in [6.07, 6.45) is 3.64. The number of nitrogens with one attached hydrogen (secondary N) is 2. The first-order valence-electron chi connectivity index (χ1n) is 6.94. The van der Waals surface area contributed by atoms with Gasteiger partial charge in [-0.15, -0.1) is 11.8 Å². The number of benzene rings is 1. The van der Waals surface area contributed by atoms with Crippen molar-refractivity contribution in [2.45, 2.75) is 31.1 Å². The third-order valence-electron chi connectivity index (χ3n) is 2.86. The van der Waals surface area contributed by atoms with Gasteiger partial charge in [-0.3, -0.25) is 0 Å². The average molecular weight is 266 g/mol. The molecule has 2 N–H and O–H groups in total. The molecule has 1 aromatic rings. The van der Waals surface area contributed by atoms with Crippen molar-refractivity contribution in [2.75, 3.05) is 32.4 Å². The Kier molecular flexibility index (Phi) is 9.00. The highest BCUT2D eigenvalue weighted by Gasteiger charge is 1.95. The van der Waals surface area contributed by atoms with E-state index in [1.54, 1.807) is 0 Å². The van der Waals surface area contributed by atoms with Crippen molar-refractivity contribution in [2.24, 2.45) is 0 Å². The summed E-state index contributed by atoms with van der Waals surface area (Å²) < 4.78 is 0. The molecular weight excluding hydrogens is 240 g/mol. The van der Waals surface area contributed by atoms with Crippen molar-refractivity contribution >= 4 is 11.8 Å². The molecule has 0 unspecified atom stereocenters. The van der Waals surface area contributed by atoms with Gasteiger partial charge < -0.3 is 10.6 Å². The van der Waals surface area contributed by atoms with E-state index in [1.165, 1.54) is 23.3 Å². The standard InChI is InChI=1S/C15H26N2S/c1-3-18-15-8-6-14(7-9-15)10-13-17-12-5-4-11-16-2/h6-9,16-17H,3-5,10-13H2,1-2H3. The van der Waals surface area contributed by atoms with Gasteiger partial charge in [-0.25, -0.2) is 0 Å². The Morgan fingerprint density at radius 2 is 1.72 bits per heavy atom. The van der Waals surface area contributed by atoms with Crippen molar-refractivity contribution < 1.29 is 0 Å². The van der Waals surface area contributed by atoms with Crippen molar-refractivity contribution in [3.05, 3.63) is 29.8 Å². The van der Waals surface area contributed by atoms with E-state index in [0.29, 0.717) is 0 Å². The lowest BCUT2D eigenvalue weighted by Crippen LogP contribution is -2.19. The molecule has 0 amide bonds. The first-order chi connectivity index (χ1) is 8.86. The number of unbranched alkanes of at least 4 members (excludes halogenated alkanes) is 1. The second kappa shape index (κ2) is 10.4. The molecule has 1 rings (SSSR count). The predicted molar refractivity (Wildman–Crippen MR) is 82.6 cm³/mol. The Morgan fingerprint density at radius 3 is 2.39 bits per heavy atom. The summed E-state index contributed by atoms with van der Waals surface area (Å²) in [6, 6.07) is 8.97. The molecule has 0 saturated heterocycles. The van der Waals surface area contributed by atoms with Gasteiger partial charge in [0, 0.05) is 4.90 Å². The fraction of sp³-hybridized carbons (Fsp3) is 0.600. The summed E-state index contributed by atoms with van der Waals surface area (Å²) in [7, 11) is 2.01. The zero-order valence-corrected chi connectivity index (χ0v) is 12.5. The van der Waals surface area contributed by atoms with Crippen LogP contribution in [0.5, 0.6) is 0 Å². The van der Waals surface area contributed by atoms with Gasteiger partial charge >= 0.3 is 0 Å². The van der Waals surface area contributed by atoms with Crippen LogP contribution in [0, 0.1) is 0 Å². The Morgan fingerprint density at radius 1 is 1.00 bits per heavy atom. The topological polar surface area (TPSA) is 24.1 Å². The van der Waals surface area contributed by atoms with E-state index < -0.39 is 0 Å². The van der Waals surface area contributed by atoms with Crippen LogP contribution >= 0.6 is 11.8 Å². The van der Waals surface area contributed by atoms with E-state index >= 15 is 0 Å². The molecule has 0 spiro atoms. The molecule has 0 saturated carbocycles. The van der Waals surface area contributed by atoms with Gasteiger partial charge in [-0.2, -0.15) is 0 Å². The third kappa shape index (κ3) is 7.04. The highest BCUT2D eigenvalue weighted by Crippen LogP contribution is 2.17. The molecular formula is C15H26N2S. The minimum absolute atomic E-state index is 1.08. The van der Waals surface area contributed by atoms with Crippen LogP contribution in [0.1, 0.15) is 25.3 Å². The number of rotatable bonds is 10. The Bertz CT molecular complexity index is 298. The van der Waals surface area contributed by atoms with Gasteiger partial charge in [0.25, 0.3) is 0 Å². The van der Waals surface area contributed by atoms with Gasteiger partial charge in [0.05, 0.1) is 0 Å². The molecule has 0 aliphatic heterocycles. The Hall–Kier alpha value is -0.510. The highest BCUT2D eigenvalue weighted by atomic mass is 32.2. The third-order valence-corrected chi connectivity index (χ3v) is 3.75. The molecule has 0 aromatic heterocycles. The number of thioether (sulfide) groups is 1. The molecule has 1 aromatic carbocycles. The number of hydrogen-bond acceptors (Lipinski definition) is 3. The van der Waals surface area contributed by atoms with Crippen LogP contribution in [0.3, 0.4) is 0 Å². The maximum Gasteiger partial charge on any atom is 0.00720 e. The molecule has 18 heavy (non-hydrogen) atoms. The lowest BCUT2D eigenvalue weighted by Gasteiger charge is -2.06. The maximum atomic E-state index is 3.50. The largest absolute Gasteiger partial charge is 0.320 e. The fourth-order valence-electron chi connectivity index (χ4n) is 1.83. The first kappa shape index (κ1) is 15.5. The van der Waals surface area contributed by atoms with Crippen molar-refractivity contribution in [3.63, 3.8) is 0 Å². The van der Waals surface area contributed by atoms with E-state index in [1.807, 2.05) is 18.8 Å². The minimum Gasteiger partial charge on any atom is -0.320 e. The van der Waals surface area contributed by atoms with E-state index in [9.17, 15) is 0 Å². The van der Waals surface area contributed by atoms with E-state index in [-0.39, 0.29) is 0 Å². The quantitative estimate of drug-likeness (QED) is 0.503. The number of hydrogen-bond donors (Lipinski definition) is 2. The lowest BCUT2D eigenvalue weighted by molar-refractivity contribution is 0.606. The second-order valence-electron chi connectivity index (χ2n) is 4.39. The van der Waals surface area contributed by atoms with Crippen molar-refractivity contribution in [1.29, 1.82) is 0 Å². The van der Waals surface area contributed by atoms with E-state index in [0.717, 1.165) is 31.8 Å². The molecule has 0 heterocycles. The Balaban J connectivity index is 2.08. The van der Waals surface area contributed by atoms with E-state index in [4.69, 9.17) is 0 Å². The van der Waals surface area contributed by atoms with Gasteiger partial charge in [0.1, 0.15) is 0 Å². The normalized spacial score (nSPS) is 10.8. The molecule has 102 valence electrons. The molecule has 0 radical (unpaired) electrons. The predicted octanol–water partition coefficient (Wildman–Crippen LogP) is 2.93. The Labute approximate surface area is 116 Å². The summed E-state index contributed by atoms with van der Waals surface area (Å²) in [6.45, 7) is 5.53. The lowest BCUT2D eigenvalue weighted by atomic mass is 10.1. The molecule has 0 atom stereocenters. The SMILES string of the molecule is CCSc1ccc(CCNCCCCNC)cc1. The molecule has 0 bridgehead atoms. The summed E-state index contributed by atoms with van der Waals surface area (Å²) >= 11 is 1.90. The van der Waals surface area contributed by atoms with Gasteiger partial charge in [-0.1, -0.05) is 19.1 Å². The summed E-state index contributed by atoms with van der Waals surface area (Å²) in [4.78, 5) is 1.38. The zero-order valence-electron chi connectivity index (χ0n) is 11.7. The monoisotopic (exact) mass is 266 g/mol. The minimum atomic E-state index is 1.08. The van der Waals surface area contributed by atoms with Crippen LogP contribution < -0.4 is 10.6 Å². The van der Waals surface area contributed by atoms with Crippen LogP contribution in [-0.2, 0) is 6.42 Å². The van der Waals surface area contributed by atoms with Crippen LogP contribution in [0.4, 0.5) is 0 Å². The van der Waals surface area contributed by atoms with Crippen molar-refractivity contribution in [1.82, 2.24) is 10.6 Å².